The van der Waals surface area contributed by atoms with Gasteiger partial charge in [-0.05, 0) is 38.6 Å². The van der Waals surface area contributed by atoms with Gasteiger partial charge in [0.05, 0.1) is 6.07 Å². The molecule has 1 saturated carbocycles. The standard InChI is InChI=1S/C14H25N3OS/c1-2-6-16-14(12-15)5-3-4-13(11-14)17-7-9-19(18)10-8-17/h13,16H,2-11H2,1H3. The van der Waals surface area contributed by atoms with Crippen LogP contribution >= 0.6 is 0 Å². The molecule has 0 radical (unpaired) electrons. The van der Waals surface area contributed by atoms with Gasteiger partial charge in [0.25, 0.3) is 0 Å². The van der Waals surface area contributed by atoms with Crippen LogP contribution in [0.5, 0.6) is 0 Å². The fourth-order valence-corrected chi connectivity index (χ4v) is 4.32. The van der Waals surface area contributed by atoms with Gasteiger partial charge in [0.15, 0.2) is 0 Å². The minimum absolute atomic E-state index is 0.324. The van der Waals surface area contributed by atoms with Crippen molar-refractivity contribution in [3.05, 3.63) is 0 Å². The lowest BCUT2D eigenvalue weighted by atomic mass is 9.79. The Bertz CT molecular complexity index is 358. The maximum absolute atomic E-state index is 11.4. The zero-order valence-corrected chi connectivity index (χ0v) is 12.7. The topological polar surface area (TPSA) is 56.1 Å². The molecule has 1 heterocycles. The first kappa shape index (κ1) is 15.0. The molecule has 2 unspecified atom stereocenters. The lowest BCUT2D eigenvalue weighted by molar-refractivity contribution is 0.129. The minimum atomic E-state index is -0.613. The quantitative estimate of drug-likeness (QED) is 0.844. The Hall–Kier alpha value is -0.440. The highest BCUT2D eigenvalue weighted by molar-refractivity contribution is 7.85. The van der Waals surface area contributed by atoms with Crippen molar-refractivity contribution in [3.8, 4) is 6.07 Å². The summed E-state index contributed by atoms with van der Waals surface area (Å²) in [5, 5.41) is 13.0. The first-order valence-corrected chi connectivity index (χ1v) is 8.93. The summed E-state index contributed by atoms with van der Waals surface area (Å²) in [6.07, 6.45) is 5.27. The average Bonchev–Trinajstić information content (AvgIpc) is 2.46. The molecular formula is C14H25N3OS. The van der Waals surface area contributed by atoms with E-state index < -0.39 is 10.8 Å². The van der Waals surface area contributed by atoms with E-state index in [9.17, 15) is 9.47 Å². The molecule has 1 aliphatic heterocycles. The smallest absolute Gasteiger partial charge is 0.108 e. The van der Waals surface area contributed by atoms with Gasteiger partial charge in [0.2, 0.25) is 0 Å². The van der Waals surface area contributed by atoms with Gasteiger partial charge in [0.1, 0.15) is 5.54 Å². The third-order valence-corrected chi connectivity index (χ3v) is 5.66. The summed E-state index contributed by atoms with van der Waals surface area (Å²) in [6, 6.07) is 3.03. The first-order chi connectivity index (χ1) is 9.19. The van der Waals surface area contributed by atoms with Gasteiger partial charge in [0, 0.05) is 41.4 Å². The third kappa shape index (κ3) is 3.77. The Morgan fingerprint density at radius 1 is 1.47 bits per heavy atom. The minimum Gasteiger partial charge on any atom is -0.299 e. The zero-order chi connectivity index (χ0) is 13.7. The molecule has 4 nitrogen and oxygen atoms in total. The number of hydrogen-bond donors (Lipinski definition) is 1. The lowest BCUT2D eigenvalue weighted by Crippen LogP contribution is -2.55. The van der Waals surface area contributed by atoms with Gasteiger partial charge in [-0.15, -0.1) is 0 Å². The van der Waals surface area contributed by atoms with Crippen LogP contribution < -0.4 is 5.32 Å². The van der Waals surface area contributed by atoms with Crippen molar-refractivity contribution in [1.29, 1.82) is 5.26 Å². The molecule has 5 heteroatoms. The Morgan fingerprint density at radius 2 is 2.21 bits per heavy atom. The number of hydrogen-bond acceptors (Lipinski definition) is 4. The van der Waals surface area contributed by atoms with E-state index in [1.807, 2.05) is 0 Å². The Labute approximate surface area is 119 Å². The molecule has 108 valence electrons. The van der Waals surface area contributed by atoms with Crippen molar-refractivity contribution < 1.29 is 4.21 Å². The third-order valence-electron chi connectivity index (χ3n) is 4.38. The Morgan fingerprint density at radius 3 is 2.84 bits per heavy atom. The second-order valence-corrected chi connectivity index (χ2v) is 7.45. The zero-order valence-electron chi connectivity index (χ0n) is 11.9. The molecule has 19 heavy (non-hydrogen) atoms. The van der Waals surface area contributed by atoms with Crippen LogP contribution in [0.15, 0.2) is 0 Å². The van der Waals surface area contributed by atoms with Crippen molar-refractivity contribution in [1.82, 2.24) is 10.2 Å². The van der Waals surface area contributed by atoms with Gasteiger partial charge in [-0.25, -0.2) is 0 Å². The average molecular weight is 283 g/mol. The van der Waals surface area contributed by atoms with Crippen LogP contribution in [0.2, 0.25) is 0 Å². The molecular weight excluding hydrogens is 258 g/mol. The van der Waals surface area contributed by atoms with E-state index in [0.717, 1.165) is 56.8 Å². The summed E-state index contributed by atoms with van der Waals surface area (Å²) < 4.78 is 11.4. The largest absolute Gasteiger partial charge is 0.299 e. The van der Waals surface area contributed by atoms with E-state index in [2.05, 4.69) is 23.2 Å². The maximum Gasteiger partial charge on any atom is 0.108 e. The molecule has 1 aliphatic carbocycles. The molecule has 0 aromatic heterocycles. The normalized spacial score (nSPS) is 34.0. The summed E-state index contributed by atoms with van der Waals surface area (Å²) in [7, 11) is -0.613. The number of nitriles is 1. The fraction of sp³-hybridized carbons (Fsp3) is 0.929. The van der Waals surface area contributed by atoms with Crippen LogP contribution in [0.25, 0.3) is 0 Å². The summed E-state index contributed by atoms with van der Waals surface area (Å²) in [4.78, 5) is 2.46. The second-order valence-electron chi connectivity index (χ2n) is 5.75. The van der Waals surface area contributed by atoms with Gasteiger partial charge in [-0.1, -0.05) is 6.92 Å². The lowest BCUT2D eigenvalue weighted by Gasteiger charge is -2.42. The highest BCUT2D eigenvalue weighted by Gasteiger charge is 2.38. The molecule has 0 aromatic carbocycles. The number of nitrogens with zero attached hydrogens (tertiary/aromatic N) is 2. The van der Waals surface area contributed by atoms with Gasteiger partial charge in [-0.3, -0.25) is 14.4 Å². The molecule has 2 aliphatic rings. The highest BCUT2D eigenvalue weighted by atomic mass is 32.2. The second kappa shape index (κ2) is 6.83. The van der Waals surface area contributed by atoms with Crippen molar-refractivity contribution in [2.45, 2.75) is 50.6 Å². The van der Waals surface area contributed by atoms with Crippen molar-refractivity contribution in [2.24, 2.45) is 0 Å². The summed E-state index contributed by atoms with van der Waals surface area (Å²) in [6.45, 7) is 4.93. The van der Waals surface area contributed by atoms with Crippen LogP contribution in [0, 0.1) is 11.3 Å². The molecule has 2 fully saturated rings. The van der Waals surface area contributed by atoms with Crippen molar-refractivity contribution in [2.75, 3.05) is 31.1 Å². The predicted octanol–water partition coefficient (Wildman–Crippen LogP) is 1.26. The van der Waals surface area contributed by atoms with E-state index in [4.69, 9.17) is 0 Å². The summed E-state index contributed by atoms with van der Waals surface area (Å²) in [5.74, 6) is 1.61. The molecule has 2 rings (SSSR count). The van der Waals surface area contributed by atoms with Crippen LogP contribution in [-0.2, 0) is 10.8 Å². The number of rotatable bonds is 4. The predicted molar refractivity (Wildman–Crippen MR) is 78.3 cm³/mol. The van der Waals surface area contributed by atoms with E-state index in [0.29, 0.717) is 6.04 Å². The van der Waals surface area contributed by atoms with Gasteiger partial charge >= 0.3 is 0 Å². The first-order valence-electron chi connectivity index (χ1n) is 7.44. The molecule has 0 amide bonds. The van der Waals surface area contributed by atoms with Gasteiger partial charge < -0.3 is 0 Å². The van der Waals surface area contributed by atoms with Crippen LogP contribution in [0.3, 0.4) is 0 Å². The van der Waals surface area contributed by atoms with Gasteiger partial charge in [-0.2, -0.15) is 5.26 Å². The molecule has 1 N–H and O–H groups in total. The molecule has 0 aromatic rings. The van der Waals surface area contributed by atoms with E-state index in [1.165, 1.54) is 6.42 Å². The van der Waals surface area contributed by atoms with E-state index in [1.54, 1.807) is 0 Å². The van der Waals surface area contributed by atoms with Crippen LogP contribution in [-0.4, -0.2) is 51.8 Å². The molecule has 1 saturated heterocycles. The molecule has 0 spiro atoms. The monoisotopic (exact) mass is 283 g/mol. The SMILES string of the molecule is CCCNC1(C#N)CCCC(N2CCS(=O)CC2)C1. The van der Waals surface area contributed by atoms with Crippen LogP contribution in [0.4, 0.5) is 0 Å². The number of nitrogens with one attached hydrogen (secondary N) is 1. The van der Waals surface area contributed by atoms with Crippen molar-refractivity contribution in [3.63, 3.8) is 0 Å². The van der Waals surface area contributed by atoms with E-state index in [-0.39, 0.29) is 5.54 Å². The highest BCUT2D eigenvalue weighted by Crippen LogP contribution is 2.31. The summed E-state index contributed by atoms with van der Waals surface area (Å²) in [5.41, 5.74) is -0.324. The molecule has 2 atom stereocenters. The Kier molecular flexibility index (Phi) is 5.37. The summed E-state index contributed by atoms with van der Waals surface area (Å²) >= 11 is 0. The fourth-order valence-electron chi connectivity index (χ4n) is 3.24. The van der Waals surface area contributed by atoms with Crippen LogP contribution in [0.1, 0.15) is 39.0 Å². The maximum atomic E-state index is 11.4. The van der Waals surface area contributed by atoms with Crippen molar-refractivity contribution >= 4 is 10.8 Å². The Balaban J connectivity index is 1.95. The molecule has 0 bridgehead atoms. The van der Waals surface area contributed by atoms with E-state index >= 15 is 0 Å².